The maximum atomic E-state index is 13.5. The molecule has 3 rings (SSSR count). The van der Waals surface area contributed by atoms with Crippen LogP contribution in [-0.4, -0.2) is 18.1 Å². The molecule has 0 unspecified atom stereocenters. The molecule has 0 bridgehead atoms. The van der Waals surface area contributed by atoms with Crippen molar-refractivity contribution in [2.45, 2.75) is 12.3 Å². The summed E-state index contributed by atoms with van der Waals surface area (Å²) in [5, 5.41) is 4.08. The summed E-state index contributed by atoms with van der Waals surface area (Å²) in [5.41, 5.74) is 0.570. The standard InChI is InChI=1S/C13H13FN2O/c14-10-3-1-2-8-6-11(9-4-5-15-7-9)16-13(17)12(8)10/h1-3,6,9,15H,4-5,7H2,(H,16,17)/t9-/m0/s1. The Kier molecular flexibility index (Phi) is 2.44. The number of aromatic amines is 1. The summed E-state index contributed by atoms with van der Waals surface area (Å²) in [4.78, 5) is 14.7. The fourth-order valence-corrected chi connectivity index (χ4v) is 2.44. The third-order valence-corrected chi connectivity index (χ3v) is 3.34. The lowest BCUT2D eigenvalue weighted by Crippen LogP contribution is -2.15. The molecule has 1 aliphatic heterocycles. The van der Waals surface area contributed by atoms with Crippen molar-refractivity contribution in [2.24, 2.45) is 0 Å². The summed E-state index contributed by atoms with van der Waals surface area (Å²) in [6.07, 6.45) is 1.01. The maximum Gasteiger partial charge on any atom is 0.259 e. The Labute approximate surface area is 97.7 Å². The van der Waals surface area contributed by atoms with E-state index in [-0.39, 0.29) is 10.9 Å². The monoisotopic (exact) mass is 232 g/mol. The maximum absolute atomic E-state index is 13.5. The molecule has 1 aromatic heterocycles. The number of benzene rings is 1. The van der Waals surface area contributed by atoms with Gasteiger partial charge in [0.1, 0.15) is 5.82 Å². The highest BCUT2D eigenvalue weighted by atomic mass is 19.1. The molecule has 2 N–H and O–H groups in total. The fourth-order valence-electron chi connectivity index (χ4n) is 2.44. The van der Waals surface area contributed by atoms with Crippen molar-refractivity contribution in [3.05, 3.63) is 46.1 Å². The number of pyridine rings is 1. The van der Waals surface area contributed by atoms with E-state index in [2.05, 4.69) is 10.3 Å². The van der Waals surface area contributed by atoms with E-state index in [1.807, 2.05) is 6.07 Å². The lowest BCUT2D eigenvalue weighted by Gasteiger charge is -2.09. The van der Waals surface area contributed by atoms with Gasteiger partial charge >= 0.3 is 0 Å². The third-order valence-electron chi connectivity index (χ3n) is 3.34. The van der Waals surface area contributed by atoms with Gasteiger partial charge in [0.15, 0.2) is 0 Å². The zero-order chi connectivity index (χ0) is 11.8. The Hall–Kier alpha value is -1.68. The Morgan fingerprint density at radius 3 is 3.00 bits per heavy atom. The number of halogens is 1. The van der Waals surface area contributed by atoms with Gasteiger partial charge in [-0.2, -0.15) is 0 Å². The summed E-state index contributed by atoms with van der Waals surface area (Å²) in [7, 11) is 0. The summed E-state index contributed by atoms with van der Waals surface area (Å²) >= 11 is 0. The molecular weight excluding hydrogens is 219 g/mol. The van der Waals surface area contributed by atoms with Crippen molar-refractivity contribution in [2.75, 3.05) is 13.1 Å². The molecule has 3 nitrogen and oxygen atoms in total. The van der Waals surface area contributed by atoms with Gasteiger partial charge < -0.3 is 10.3 Å². The van der Waals surface area contributed by atoms with Gasteiger partial charge in [-0.25, -0.2) is 4.39 Å². The number of H-pyrrole nitrogens is 1. The Bertz CT molecular complexity index is 614. The van der Waals surface area contributed by atoms with E-state index in [1.54, 1.807) is 12.1 Å². The van der Waals surface area contributed by atoms with E-state index >= 15 is 0 Å². The summed E-state index contributed by atoms with van der Waals surface area (Å²) < 4.78 is 13.5. The van der Waals surface area contributed by atoms with Crippen molar-refractivity contribution in [1.82, 2.24) is 10.3 Å². The summed E-state index contributed by atoms with van der Waals surface area (Å²) in [6.45, 7) is 1.84. The minimum Gasteiger partial charge on any atom is -0.325 e. The molecular formula is C13H13FN2O. The molecule has 0 spiro atoms. The Morgan fingerprint density at radius 1 is 1.35 bits per heavy atom. The highest BCUT2D eigenvalue weighted by Gasteiger charge is 2.18. The molecule has 1 atom stereocenters. The summed E-state index contributed by atoms with van der Waals surface area (Å²) in [5.74, 6) is -0.129. The molecule has 2 aromatic rings. The van der Waals surface area contributed by atoms with E-state index in [9.17, 15) is 9.18 Å². The number of hydrogen-bond acceptors (Lipinski definition) is 2. The fraction of sp³-hybridized carbons (Fsp3) is 0.308. The average molecular weight is 232 g/mol. The second-order valence-electron chi connectivity index (χ2n) is 4.45. The first-order valence-corrected chi connectivity index (χ1v) is 5.78. The zero-order valence-corrected chi connectivity index (χ0v) is 9.29. The van der Waals surface area contributed by atoms with Crippen LogP contribution < -0.4 is 10.9 Å². The molecule has 1 saturated heterocycles. The topological polar surface area (TPSA) is 44.9 Å². The first-order valence-electron chi connectivity index (χ1n) is 5.78. The van der Waals surface area contributed by atoms with Gasteiger partial charge in [0.05, 0.1) is 5.39 Å². The number of nitrogens with one attached hydrogen (secondary N) is 2. The van der Waals surface area contributed by atoms with Gasteiger partial charge in [-0.05, 0) is 30.5 Å². The van der Waals surface area contributed by atoms with Crippen LogP contribution in [0.1, 0.15) is 18.0 Å². The predicted molar refractivity (Wildman–Crippen MR) is 64.8 cm³/mol. The highest BCUT2D eigenvalue weighted by molar-refractivity contribution is 5.82. The van der Waals surface area contributed by atoms with E-state index in [4.69, 9.17) is 0 Å². The van der Waals surface area contributed by atoms with Crippen LogP contribution in [-0.2, 0) is 0 Å². The van der Waals surface area contributed by atoms with E-state index in [0.717, 1.165) is 25.2 Å². The molecule has 88 valence electrons. The number of hydrogen-bond donors (Lipinski definition) is 2. The van der Waals surface area contributed by atoms with Crippen LogP contribution in [0.25, 0.3) is 10.8 Å². The van der Waals surface area contributed by atoms with Crippen molar-refractivity contribution in [1.29, 1.82) is 0 Å². The minimum absolute atomic E-state index is 0.155. The molecule has 0 amide bonds. The predicted octanol–water partition coefficient (Wildman–Crippen LogP) is 1.74. The van der Waals surface area contributed by atoms with Crippen LogP contribution >= 0.6 is 0 Å². The average Bonchev–Trinajstić information content (AvgIpc) is 2.81. The molecule has 1 fully saturated rings. The third kappa shape index (κ3) is 1.74. The molecule has 4 heteroatoms. The molecule has 0 aliphatic carbocycles. The van der Waals surface area contributed by atoms with E-state index in [0.29, 0.717) is 11.3 Å². The quantitative estimate of drug-likeness (QED) is 0.786. The van der Waals surface area contributed by atoms with Crippen molar-refractivity contribution in [3.63, 3.8) is 0 Å². The normalized spacial score (nSPS) is 19.9. The molecule has 17 heavy (non-hydrogen) atoms. The van der Waals surface area contributed by atoms with Gasteiger partial charge in [0, 0.05) is 18.2 Å². The van der Waals surface area contributed by atoms with Crippen LogP contribution in [0.4, 0.5) is 4.39 Å². The van der Waals surface area contributed by atoms with Crippen LogP contribution in [0.3, 0.4) is 0 Å². The first kappa shape index (κ1) is 10.5. The zero-order valence-electron chi connectivity index (χ0n) is 9.29. The Balaban J connectivity index is 2.20. The Morgan fingerprint density at radius 2 is 2.24 bits per heavy atom. The van der Waals surface area contributed by atoms with Gasteiger partial charge in [-0.1, -0.05) is 12.1 Å². The number of aromatic nitrogens is 1. The second kappa shape index (κ2) is 3.96. The molecule has 0 saturated carbocycles. The lowest BCUT2D eigenvalue weighted by atomic mass is 10.0. The van der Waals surface area contributed by atoms with Crippen LogP contribution in [0, 0.1) is 5.82 Å². The van der Waals surface area contributed by atoms with Gasteiger partial charge in [0.2, 0.25) is 0 Å². The minimum atomic E-state index is -0.458. The molecule has 1 aromatic carbocycles. The molecule has 2 heterocycles. The summed E-state index contributed by atoms with van der Waals surface area (Å²) in [6, 6.07) is 6.61. The van der Waals surface area contributed by atoms with E-state index < -0.39 is 5.82 Å². The van der Waals surface area contributed by atoms with Crippen LogP contribution in [0.15, 0.2) is 29.1 Å². The van der Waals surface area contributed by atoms with Crippen LogP contribution in [0.5, 0.6) is 0 Å². The second-order valence-corrected chi connectivity index (χ2v) is 4.45. The largest absolute Gasteiger partial charge is 0.325 e. The van der Waals surface area contributed by atoms with Crippen molar-refractivity contribution < 1.29 is 4.39 Å². The number of fused-ring (bicyclic) bond motifs is 1. The van der Waals surface area contributed by atoms with E-state index in [1.165, 1.54) is 6.07 Å². The van der Waals surface area contributed by atoms with Gasteiger partial charge in [0.25, 0.3) is 5.56 Å². The number of rotatable bonds is 1. The van der Waals surface area contributed by atoms with Crippen molar-refractivity contribution >= 4 is 10.8 Å². The van der Waals surface area contributed by atoms with Gasteiger partial charge in [-0.15, -0.1) is 0 Å². The first-order chi connectivity index (χ1) is 8.25. The van der Waals surface area contributed by atoms with Crippen LogP contribution in [0.2, 0.25) is 0 Å². The van der Waals surface area contributed by atoms with Crippen molar-refractivity contribution in [3.8, 4) is 0 Å². The smallest absolute Gasteiger partial charge is 0.259 e. The SMILES string of the molecule is O=c1[nH]c([C@H]2CCNC2)cc2cccc(F)c12. The molecule has 1 aliphatic rings. The highest BCUT2D eigenvalue weighted by Crippen LogP contribution is 2.22. The van der Waals surface area contributed by atoms with Gasteiger partial charge in [-0.3, -0.25) is 4.79 Å². The molecule has 0 radical (unpaired) electrons. The lowest BCUT2D eigenvalue weighted by molar-refractivity contribution is 0.638.